The van der Waals surface area contributed by atoms with Gasteiger partial charge in [-0.05, 0) is 104 Å². The molecule has 0 aliphatic carbocycles. The zero-order valence-corrected chi connectivity index (χ0v) is 26.7. The Bertz CT molecular complexity index is 2580. The lowest BCUT2D eigenvalue weighted by Gasteiger charge is -2.11. The molecule has 6 nitrogen and oxygen atoms in total. The molecule has 0 bridgehead atoms. The van der Waals surface area contributed by atoms with E-state index in [1.54, 1.807) is 6.20 Å². The number of allylic oxidation sites excluding steroid dienone is 2. The number of pyridine rings is 4. The second kappa shape index (κ2) is 12.4. The third kappa shape index (κ3) is 4.91. The second-order valence-corrected chi connectivity index (χ2v) is 11.5. The van der Waals surface area contributed by atoms with Crippen LogP contribution in [0.2, 0.25) is 0 Å². The molecule has 9 aromatic rings. The maximum Gasteiger partial charge on any atom is 0.0964 e. The summed E-state index contributed by atoms with van der Waals surface area (Å²) < 4.78 is 4.54. The predicted octanol–water partition coefficient (Wildman–Crippen LogP) is 10.4. The van der Waals surface area contributed by atoms with E-state index in [4.69, 9.17) is 9.97 Å². The van der Waals surface area contributed by atoms with Crippen LogP contribution in [-0.2, 0) is 0 Å². The first-order chi connectivity index (χ1) is 23.8. The summed E-state index contributed by atoms with van der Waals surface area (Å²) in [6, 6.07) is 40.1. The van der Waals surface area contributed by atoms with Crippen LogP contribution in [0.1, 0.15) is 13.8 Å². The predicted molar refractivity (Wildman–Crippen MR) is 198 cm³/mol. The highest BCUT2D eigenvalue weighted by Crippen LogP contribution is 2.38. The third-order valence-corrected chi connectivity index (χ3v) is 8.70. The molecule has 0 aliphatic heterocycles. The van der Waals surface area contributed by atoms with Crippen molar-refractivity contribution in [3.8, 4) is 33.8 Å². The molecule has 0 saturated heterocycles. The lowest BCUT2D eigenvalue weighted by Crippen LogP contribution is -1.96. The summed E-state index contributed by atoms with van der Waals surface area (Å²) in [6.45, 7) is 4.00. The van der Waals surface area contributed by atoms with Gasteiger partial charge in [-0.3, -0.25) is 19.9 Å². The van der Waals surface area contributed by atoms with E-state index in [0.29, 0.717) is 0 Å². The summed E-state index contributed by atoms with van der Waals surface area (Å²) in [5.41, 5.74) is 12.6. The number of aromatic nitrogens is 6. The van der Waals surface area contributed by atoms with Gasteiger partial charge < -0.3 is 9.13 Å². The summed E-state index contributed by atoms with van der Waals surface area (Å²) in [6.07, 6.45) is 13.3. The smallest absolute Gasteiger partial charge is 0.0964 e. The fourth-order valence-corrected chi connectivity index (χ4v) is 6.49. The summed E-state index contributed by atoms with van der Waals surface area (Å²) in [5.74, 6) is 0. The molecule has 9 rings (SSSR count). The number of hydrogen-bond donors (Lipinski definition) is 0. The van der Waals surface area contributed by atoms with Crippen LogP contribution < -0.4 is 0 Å². The van der Waals surface area contributed by atoms with Crippen LogP contribution in [0, 0.1) is 0 Å². The molecule has 0 spiro atoms. The third-order valence-electron chi connectivity index (χ3n) is 8.70. The highest BCUT2D eigenvalue weighted by molar-refractivity contribution is 6.11. The summed E-state index contributed by atoms with van der Waals surface area (Å²) in [5, 5.41) is 2.19. The molecule has 0 unspecified atom stereocenters. The molecule has 0 amide bonds. The van der Waals surface area contributed by atoms with Crippen molar-refractivity contribution >= 4 is 43.9 Å². The molecular weight excluding hydrogens is 589 g/mol. The quantitative estimate of drug-likeness (QED) is 0.184. The second-order valence-electron chi connectivity index (χ2n) is 11.5. The van der Waals surface area contributed by atoms with Gasteiger partial charge in [0, 0.05) is 46.8 Å². The SMILES string of the molecule is C/C=C\C.c1ccc(-c2ccccc2-c2ccc3c(c2)c2ncccc2n3-c2ccc3c(c2)c2ncccc2n3-c2cccnc2)nc1. The van der Waals surface area contributed by atoms with Crippen LogP contribution in [0.15, 0.2) is 158 Å². The van der Waals surface area contributed by atoms with Crippen LogP contribution in [0.4, 0.5) is 0 Å². The van der Waals surface area contributed by atoms with Crippen LogP contribution in [0.5, 0.6) is 0 Å². The van der Waals surface area contributed by atoms with Gasteiger partial charge in [-0.15, -0.1) is 0 Å². The van der Waals surface area contributed by atoms with E-state index in [2.05, 4.69) is 104 Å². The van der Waals surface area contributed by atoms with E-state index >= 15 is 0 Å². The highest BCUT2D eigenvalue weighted by Gasteiger charge is 2.18. The van der Waals surface area contributed by atoms with Crippen molar-refractivity contribution in [3.63, 3.8) is 0 Å². The Morgan fingerprint density at radius 3 is 1.77 bits per heavy atom. The van der Waals surface area contributed by atoms with Gasteiger partial charge >= 0.3 is 0 Å². The zero-order valence-electron chi connectivity index (χ0n) is 26.7. The molecule has 0 N–H and O–H groups in total. The fraction of sp³-hybridized carbons (Fsp3) is 0.0476. The molecule has 0 fully saturated rings. The molecule has 3 aromatic carbocycles. The van der Waals surface area contributed by atoms with Crippen molar-refractivity contribution in [2.75, 3.05) is 0 Å². The minimum absolute atomic E-state index is 0.955. The Balaban J connectivity index is 0.000000799. The number of benzene rings is 3. The van der Waals surface area contributed by atoms with Crippen LogP contribution in [0.25, 0.3) is 77.6 Å². The van der Waals surface area contributed by atoms with E-state index in [0.717, 1.165) is 77.6 Å². The van der Waals surface area contributed by atoms with E-state index < -0.39 is 0 Å². The standard InChI is InChI=1S/C38H24N6.C4H8/c1-2-10-29(32-11-3-4-19-40-32)28(9-1)25-14-16-33-30(22-25)37-35(12-6-20-41-37)43(33)26-15-17-34-31(23-26)38-36(13-7-21-42-38)44(34)27-8-5-18-39-24-27;1-3-4-2/h1-24H;3-4H,1-2H3/b;4-3-. The lowest BCUT2D eigenvalue weighted by atomic mass is 9.96. The average molecular weight is 621 g/mol. The van der Waals surface area contributed by atoms with Crippen molar-refractivity contribution in [2.24, 2.45) is 0 Å². The number of fused-ring (bicyclic) bond motifs is 6. The van der Waals surface area contributed by atoms with Crippen LogP contribution in [-0.4, -0.2) is 29.1 Å². The van der Waals surface area contributed by atoms with E-state index in [1.807, 2.05) is 81.1 Å². The Hall–Kier alpha value is -6.40. The van der Waals surface area contributed by atoms with Gasteiger partial charge in [0.05, 0.1) is 50.7 Å². The van der Waals surface area contributed by atoms with Crippen LogP contribution in [0.3, 0.4) is 0 Å². The molecule has 0 saturated carbocycles. The molecular formula is C42H32N6. The van der Waals surface area contributed by atoms with Crippen LogP contribution >= 0.6 is 0 Å². The first-order valence-electron chi connectivity index (χ1n) is 16.0. The van der Waals surface area contributed by atoms with Crippen molar-refractivity contribution in [1.82, 2.24) is 29.1 Å². The molecule has 6 heteroatoms. The maximum absolute atomic E-state index is 4.87. The summed E-state index contributed by atoms with van der Waals surface area (Å²) >= 11 is 0. The minimum Gasteiger partial charge on any atom is -0.308 e. The average Bonchev–Trinajstić information content (AvgIpc) is 3.68. The lowest BCUT2D eigenvalue weighted by molar-refractivity contribution is 1.13. The topological polar surface area (TPSA) is 61.4 Å². The van der Waals surface area contributed by atoms with Gasteiger partial charge in [0.25, 0.3) is 0 Å². The molecule has 48 heavy (non-hydrogen) atoms. The molecule has 0 radical (unpaired) electrons. The first-order valence-corrected chi connectivity index (χ1v) is 16.0. The van der Waals surface area contributed by atoms with Gasteiger partial charge in [-0.1, -0.05) is 48.6 Å². The monoisotopic (exact) mass is 620 g/mol. The van der Waals surface area contributed by atoms with E-state index in [9.17, 15) is 0 Å². The van der Waals surface area contributed by atoms with Crippen molar-refractivity contribution in [2.45, 2.75) is 13.8 Å². The van der Waals surface area contributed by atoms with Gasteiger partial charge in [-0.2, -0.15) is 0 Å². The normalized spacial score (nSPS) is 11.5. The van der Waals surface area contributed by atoms with Crippen molar-refractivity contribution in [3.05, 3.63) is 158 Å². The van der Waals surface area contributed by atoms with Gasteiger partial charge in [0.15, 0.2) is 0 Å². The van der Waals surface area contributed by atoms with E-state index in [1.165, 1.54) is 0 Å². The summed E-state index contributed by atoms with van der Waals surface area (Å²) in [4.78, 5) is 18.7. The summed E-state index contributed by atoms with van der Waals surface area (Å²) in [7, 11) is 0. The minimum atomic E-state index is 0.955. The largest absolute Gasteiger partial charge is 0.308 e. The van der Waals surface area contributed by atoms with Crippen molar-refractivity contribution in [1.29, 1.82) is 0 Å². The number of nitrogens with zero attached hydrogens (tertiary/aromatic N) is 6. The van der Waals surface area contributed by atoms with E-state index in [-0.39, 0.29) is 0 Å². The number of hydrogen-bond acceptors (Lipinski definition) is 4. The zero-order chi connectivity index (χ0) is 32.5. The van der Waals surface area contributed by atoms with Gasteiger partial charge in [0.1, 0.15) is 0 Å². The Kier molecular flexibility index (Phi) is 7.51. The molecule has 230 valence electrons. The Morgan fingerprint density at radius 1 is 0.479 bits per heavy atom. The highest BCUT2D eigenvalue weighted by atomic mass is 15.0. The molecule has 6 heterocycles. The van der Waals surface area contributed by atoms with Crippen molar-refractivity contribution < 1.29 is 0 Å². The van der Waals surface area contributed by atoms with Gasteiger partial charge in [-0.25, -0.2) is 0 Å². The van der Waals surface area contributed by atoms with Gasteiger partial charge in [0.2, 0.25) is 0 Å². The molecule has 6 aromatic heterocycles. The molecule has 0 aliphatic rings. The first kappa shape index (κ1) is 29.0. The molecule has 0 atom stereocenters. The Labute approximate surface area is 278 Å². The Morgan fingerprint density at radius 2 is 1.10 bits per heavy atom. The fourth-order valence-electron chi connectivity index (χ4n) is 6.49. The number of rotatable bonds is 4. The maximum atomic E-state index is 4.87.